The first-order valence-corrected chi connectivity index (χ1v) is 8.12. The van der Waals surface area contributed by atoms with Crippen LogP contribution in [0.5, 0.6) is 0 Å². The summed E-state index contributed by atoms with van der Waals surface area (Å²) < 4.78 is 37.4. The first-order chi connectivity index (χ1) is 11.3. The Hall–Kier alpha value is -0.740. The smallest absolute Gasteiger partial charge is 0.352 e. The summed E-state index contributed by atoms with van der Waals surface area (Å²) in [5, 5.41) is 3.92. The van der Waals surface area contributed by atoms with Crippen LogP contribution in [-0.2, 0) is 6.54 Å². The largest absolute Gasteiger partial charge is 0.401 e. The number of aliphatic imine (C=N–C) groups is 1. The van der Waals surface area contributed by atoms with Crippen LogP contribution in [0, 0.1) is 0 Å². The molecule has 0 radical (unpaired) electrons. The van der Waals surface area contributed by atoms with Crippen molar-refractivity contribution in [2.24, 2.45) is 4.99 Å². The van der Waals surface area contributed by atoms with Crippen molar-refractivity contribution in [1.82, 2.24) is 15.1 Å². The zero-order chi connectivity index (χ0) is 17.7. The maximum atomic E-state index is 12.5. The van der Waals surface area contributed by atoms with Gasteiger partial charge in [-0.3, -0.25) is 9.89 Å². The van der Waals surface area contributed by atoms with E-state index in [2.05, 4.69) is 10.3 Å². The van der Waals surface area contributed by atoms with Gasteiger partial charge in [0.1, 0.15) is 0 Å². The number of likely N-dealkylation sites (tertiary alicyclic amines) is 1. The maximum Gasteiger partial charge on any atom is 0.401 e. The molecule has 1 atom stereocenters. The normalized spacial score (nSPS) is 18.8. The Morgan fingerprint density at radius 1 is 1.44 bits per heavy atom. The number of alkyl halides is 3. The number of nitrogens with zero attached hydrogens (tertiary/aromatic N) is 3. The van der Waals surface area contributed by atoms with Crippen LogP contribution < -0.4 is 5.32 Å². The van der Waals surface area contributed by atoms with Crippen LogP contribution in [0.25, 0.3) is 0 Å². The van der Waals surface area contributed by atoms with Crippen molar-refractivity contribution >= 4 is 41.5 Å². The Morgan fingerprint density at radius 3 is 2.76 bits per heavy atom. The van der Waals surface area contributed by atoms with E-state index in [9.17, 15) is 13.2 Å². The van der Waals surface area contributed by atoms with Crippen molar-refractivity contribution in [2.45, 2.75) is 25.2 Å². The Balaban J connectivity index is 0.00000312. The zero-order valence-electron chi connectivity index (χ0n) is 14.2. The molecule has 1 aliphatic heterocycles. The van der Waals surface area contributed by atoms with Gasteiger partial charge in [-0.1, -0.05) is 23.7 Å². The quantitative estimate of drug-likeness (QED) is 0.398. The lowest BCUT2D eigenvalue weighted by Crippen LogP contribution is -2.45. The molecule has 9 heteroatoms. The van der Waals surface area contributed by atoms with E-state index in [1.165, 1.54) is 4.90 Å². The highest BCUT2D eigenvalue weighted by Gasteiger charge is 2.34. The molecular weight excluding hydrogens is 468 g/mol. The molecule has 0 spiro atoms. The second kappa shape index (κ2) is 9.82. The Labute approximate surface area is 168 Å². The van der Waals surface area contributed by atoms with Gasteiger partial charge in [-0.25, -0.2) is 0 Å². The van der Waals surface area contributed by atoms with Gasteiger partial charge < -0.3 is 10.2 Å². The monoisotopic (exact) mass is 490 g/mol. The molecule has 0 aliphatic carbocycles. The summed E-state index contributed by atoms with van der Waals surface area (Å²) in [6.07, 6.45) is -3.49. The van der Waals surface area contributed by atoms with Crippen molar-refractivity contribution in [2.75, 3.05) is 33.7 Å². The fourth-order valence-electron chi connectivity index (χ4n) is 2.86. The average Bonchev–Trinajstić information content (AvgIpc) is 2.89. The van der Waals surface area contributed by atoms with Crippen LogP contribution in [0.3, 0.4) is 0 Å². The topological polar surface area (TPSA) is 30.9 Å². The van der Waals surface area contributed by atoms with Crippen molar-refractivity contribution in [1.29, 1.82) is 0 Å². The van der Waals surface area contributed by atoms with Crippen LogP contribution in [0.2, 0.25) is 5.02 Å². The molecule has 0 aromatic heterocycles. The van der Waals surface area contributed by atoms with Gasteiger partial charge in [-0.05, 0) is 24.1 Å². The van der Waals surface area contributed by atoms with Crippen molar-refractivity contribution in [3.05, 3.63) is 34.9 Å². The molecule has 142 valence electrons. The Bertz CT molecular complexity index is 583. The molecule has 1 saturated heterocycles. The number of hydrogen-bond donors (Lipinski definition) is 1. The van der Waals surface area contributed by atoms with Gasteiger partial charge in [0.25, 0.3) is 0 Å². The molecule has 0 amide bonds. The lowest BCUT2D eigenvalue weighted by Gasteiger charge is -2.25. The second-order valence-corrected chi connectivity index (χ2v) is 6.45. The molecule has 4 nitrogen and oxygen atoms in total. The van der Waals surface area contributed by atoms with Gasteiger partial charge in [-0.2, -0.15) is 13.2 Å². The van der Waals surface area contributed by atoms with E-state index < -0.39 is 12.7 Å². The third-order valence-electron chi connectivity index (χ3n) is 3.89. The summed E-state index contributed by atoms with van der Waals surface area (Å²) >= 11 is 5.99. The predicted octanol–water partition coefficient (Wildman–Crippen LogP) is 3.60. The minimum absolute atomic E-state index is 0. The molecule has 1 N–H and O–H groups in total. The van der Waals surface area contributed by atoms with Gasteiger partial charge in [0, 0.05) is 44.8 Å². The van der Waals surface area contributed by atoms with Crippen LogP contribution >= 0.6 is 35.6 Å². The molecule has 1 heterocycles. The van der Waals surface area contributed by atoms with Crippen molar-refractivity contribution in [3.8, 4) is 0 Å². The van der Waals surface area contributed by atoms with E-state index in [-0.39, 0.29) is 30.0 Å². The summed E-state index contributed by atoms with van der Waals surface area (Å²) in [4.78, 5) is 7.57. The molecule has 1 aliphatic rings. The maximum absolute atomic E-state index is 12.5. The standard InChI is InChI=1S/C16H22ClF3N4.HI/c1-21-15(23(2)9-12-4-3-5-13(17)8-12)22-14-6-7-24(10-14)11-16(18,19)20;/h3-5,8,14H,6-7,9-11H2,1-2H3,(H,21,22);1H. The summed E-state index contributed by atoms with van der Waals surface area (Å²) in [5.41, 5.74) is 1.04. The molecule has 1 aromatic carbocycles. The van der Waals surface area contributed by atoms with E-state index in [4.69, 9.17) is 11.6 Å². The van der Waals surface area contributed by atoms with Crippen LogP contribution in [-0.4, -0.2) is 61.7 Å². The van der Waals surface area contributed by atoms with Crippen LogP contribution in [0.4, 0.5) is 13.2 Å². The first kappa shape index (κ1) is 22.3. The van der Waals surface area contributed by atoms with E-state index in [1.807, 2.05) is 36.2 Å². The fourth-order valence-corrected chi connectivity index (χ4v) is 3.07. The number of benzene rings is 1. The highest BCUT2D eigenvalue weighted by Crippen LogP contribution is 2.20. The third kappa shape index (κ3) is 7.57. The number of halogens is 5. The molecule has 1 fully saturated rings. The minimum atomic E-state index is -4.15. The minimum Gasteiger partial charge on any atom is -0.352 e. The van der Waals surface area contributed by atoms with E-state index >= 15 is 0 Å². The molecule has 0 bridgehead atoms. The number of nitrogens with one attached hydrogen (secondary N) is 1. The highest BCUT2D eigenvalue weighted by molar-refractivity contribution is 14.0. The Kier molecular flexibility index (Phi) is 8.76. The Morgan fingerprint density at radius 2 is 2.16 bits per heavy atom. The van der Waals surface area contributed by atoms with E-state index in [1.54, 1.807) is 7.05 Å². The number of rotatable bonds is 4. The average molecular weight is 491 g/mol. The second-order valence-electron chi connectivity index (χ2n) is 6.01. The van der Waals surface area contributed by atoms with Gasteiger partial charge in [0.2, 0.25) is 0 Å². The van der Waals surface area contributed by atoms with Crippen molar-refractivity contribution < 1.29 is 13.2 Å². The lowest BCUT2D eigenvalue weighted by molar-refractivity contribution is -0.143. The fraction of sp³-hybridized carbons (Fsp3) is 0.562. The zero-order valence-corrected chi connectivity index (χ0v) is 17.3. The van der Waals surface area contributed by atoms with Gasteiger partial charge >= 0.3 is 6.18 Å². The van der Waals surface area contributed by atoms with Gasteiger partial charge in [0.05, 0.1) is 6.54 Å². The predicted molar refractivity (Wildman–Crippen MR) is 106 cm³/mol. The van der Waals surface area contributed by atoms with Crippen LogP contribution in [0.15, 0.2) is 29.3 Å². The molecule has 0 saturated carbocycles. The molecular formula is C16H23ClF3IN4. The van der Waals surface area contributed by atoms with Crippen molar-refractivity contribution in [3.63, 3.8) is 0 Å². The van der Waals surface area contributed by atoms with E-state index in [0.29, 0.717) is 37.0 Å². The summed E-state index contributed by atoms with van der Waals surface area (Å²) in [7, 11) is 3.55. The summed E-state index contributed by atoms with van der Waals surface area (Å²) in [6, 6.07) is 7.51. The van der Waals surface area contributed by atoms with Gasteiger partial charge in [0.15, 0.2) is 5.96 Å². The van der Waals surface area contributed by atoms with E-state index in [0.717, 1.165) is 5.56 Å². The summed E-state index contributed by atoms with van der Waals surface area (Å²) in [6.45, 7) is 0.553. The highest BCUT2D eigenvalue weighted by atomic mass is 127. The van der Waals surface area contributed by atoms with Gasteiger partial charge in [-0.15, -0.1) is 24.0 Å². The molecule has 1 unspecified atom stereocenters. The molecule has 25 heavy (non-hydrogen) atoms. The molecule has 1 aromatic rings. The number of hydrogen-bond acceptors (Lipinski definition) is 2. The first-order valence-electron chi connectivity index (χ1n) is 7.75. The third-order valence-corrected chi connectivity index (χ3v) is 4.13. The summed E-state index contributed by atoms with van der Waals surface area (Å²) in [5.74, 6) is 0.661. The lowest BCUT2D eigenvalue weighted by atomic mass is 10.2. The van der Waals surface area contributed by atoms with Crippen LogP contribution in [0.1, 0.15) is 12.0 Å². The number of guanidine groups is 1. The molecule has 2 rings (SSSR count). The SMILES string of the molecule is CN=C(NC1CCN(CC(F)(F)F)C1)N(C)Cc1cccc(Cl)c1.I.